The number of aromatic nitrogens is 2. The quantitative estimate of drug-likeness (QED) is 0.614. The Hall–Kier alpha value is -2.13. The maximum absolute atomic E-state index is 12.5. The van der Waals surface area contributed by atoms with Crippen molar-refractivity contribution in [2.75, 3.05) is 26.2 Å². The summed E-state index contributed by atoms with van der Waals surface area (Å²) in [6.07, 6.45) is 6.49. The molecule has 2 aromatic rings. The van der Waals surface area contributed by atoms with Gasteiger partial charge in [-0.1, -0.05) is 11.3 Å². The molecule has 6 nitrogen and oxygen atoms in total. The molecule has 0 saturated heterocycles. The van der Waals surface area contributed by atoms with Crippen LogP contribution in [0.1, 0.15) is 58.7 Å². The molecular formula is C24H32F2N4O2S. The van der Waals surface area contributed by atoms with Crippen molar-refractivity contribution in [2.45, 2.75) is 64.3 Å². The number of pyridine rings is 1. The van der Waals surface area contributed by atoms with Crippen LogP contribution in [0.25, 0.3) is 0 Å². The summed E-state index contributed by atoms with van der Waals surface area (Å²) in [7, 11) is 0. The molecule has 1 fully saturated rings. The lowest BCUT2D eigenvalue weighted by Crippen LogP contribution is -2.38. The molecule has 1 saturated carbocycles. The van der Waals surface area contributed by atoms with Gasteiger partial charge < -0.3 is 15.0 Å². The summed E-state index contributed by atoms with van der Waals surface area (Å²) >= 11 is 1.41. The van der Waals surface area contributed by atoms with Crippen LogP contribution in [0, 0.1) is 12.8 Å². The first kappa shape index (κ1) is 24.0. The number of ether oxygens (including phenoxy) is 1. The van der Waals surface area contributed by atoms with Crippen LogP contribution in [0.5, 0.6) is 5.19 Å². The number of nitrogens with zero attached hydrogens (tertiary/aromatic N) is 3. The molecule has 1 aliphatic heterocycles. The van der Waals surface area contributed by atoms with Crippen molar-refractivity contribution in [2.24, 2.45) is 5.92 Å². The predicted octanol–water partition coefficient (Wildman–Crippen LogP) is 4.27. The molecule has 4 rings (SSSR count). The molecule has 0 unspecified atom stereocenters. The molecule has 1 N–H and O–H groups in total. The van der Waals surface area contributed by atoms with Crippen molar-refractivity contribution in [3.05, 3.63) is 40.2 Å². The minimum Gasteiger partial charge on any atom is -0.464 e. The van der Waals surface area contributed by atoms with Gasteiger partial charge in [-0.25, -0.2) is 13.8 Å². The van der Waals surface area contributed by atoms with Crippen LogP contribution in [0.15, 0.2) is 18.3 Å². The molecular weight excluding hydrogens is 446 g/mol. The number of thiazole rings is 1. The fraction of sp³-hybridized carbons (Fsp3) is 0.625. The third-order valence-corrected chi connectivity index (χ3v) is 7.77. The fourth-order valence-corrected chi connectivity index (χ4v) is 5.71. The van der Waals surface area contributed by atoms with Crippen molar-refractivity contribution in [1.29, 1.82) is 0 Å². The lowest BCUT2D eigenvalue weighted by atomic mass is 9.84. The van der Waals surface area contributed by atoms with E-state index in [0.717, 1.165) is 69.5 Å². The zero-order valence-corrected chi connectivity index (χ0v) is 19.9. The van der Waals surface area contributed by atoms with Gasteiger partial charge in [0.15, 0.2) is 6.61 Å². The number of halogens is 2. The Morgan fingerprint density at radius 3 is 2.82 bits per heavy atom. The largest absolute Gasteiger partial charge is 0.464 e. The fourth-order valence-electron chi connectivity index (χ4n) is 4.75. The summed E-state index contributed by atoms with van der Waals surface area (Å²) in [6.45, 7) is 4.26. The lowest BCUT2D eigenvalue weighted by Gasteiger charge is -2.30. The highest BCUT2D eigenvalue weighted by Gasteiger charge is 2.25. The molecule has 0 atom stereocenters. The standard InChI is InChI=1S/C24H32F2N4O2S/c1-16-19(3-2-11-27-16)23(31)28-18-6-4-17(5-7-18)8-12-30-13-9-20-21(10-14-30)33-24(29-20)32-15-22(25)26/h2-3,11,17-18,22H,4-10,12-15H2,1H3,(H,28,31)/t17-,18-. The highest BCUT2D eigenvalue weighted by atomic mass is 32.1. The van der Waals surface area contributed by atoms with Crippen LogP contribution in [0.3, 0.4) is 0 Å². The number of hydrogen-bond donors (Lipinski definition) is 1. The maximum Gasteiger partial charge on any atom is 0.273 e. The molecule has 0 radical (unpaired) electrons. The molecule has 2 aromatic heterocycles. The van der Waals surface area contributed by atoms with E-state index in [1.807, 2.05) is 13.0 Å². The number of carbonyl (C=O) groups is 1. The average molecular weight is 479 g/mol. The van der Waals surface area contributed by atoms with Crippen LogP contribution < -0.4 is 10.1 Å². The zero-order chi connectivity index (χ0) is 23.2. The minimum absolute atomic E-state index is 0.0162. The van der Waals surface area contributed by atoms with E-state index in [1.54, 1.807) is 12.3 Å². The summed E-state index contributed by atoms with van der Waals surface area (Å²) in [5, 5.41) is 3.56. The van der Waals surface area contributed by atoms with E-state index in [9.17, 15) is 13.6 Å². The number of amides is 1. The van der Waals surface area contributed by atoms with Crippen LogP contribution in [0.4, 0.5) is 8.78 Å². The Kier molecular flexibility index (Phi) is 8.25. The van der Waals surface area contributed by atoms with Crippen LogP contribution >= 0.6 is 11.3 Å². The van der Waals surface area contributed by atoms with E-state index in [0.29, 0.717) is 16.7 Å². The predicted molar refractivity (Wildman–Crippen MR) is 124 cm³/mol. The number of rotatable bonds is 8. The summed E-state index contributed by atoms with van der Waals surface area (Å²) in [6, 6.07) is 3.88. The number of carbonyl (C=O) groups excluding carboxylic acids is 1. The Balaban J connectivity index is 1.16. The second kappa shape index (κ2) is 11.3. The third-order valence-electron chi connectivity index (χ3n) is 6.70. The summed E-state index contributed by atoms with van der Waals surface area (Å²) < 4.78 is 29.8. The van der Waals surface area contributed by atoms with Gasteiger partial charge in [0.05, 0.1) is 11.3 Å². The normalized spacial score (nSPS) is 21.5. The number of fused-ring (bicyclic) bond motifs is 1. The van der Waals surface area contributed by atoms with Crippen molar-refractivity contribution in [3.63, 3.8) is 0 Å². The summed E-state index contributed by atoms with van der Waals surface area (Å²) in [5.74, 6) is 0.681. The van der Waals surface area contributed by atoms with Gasteiger partial charge in [-0.3, -0.25) is 9.78 Å². The van der Waals surface area contributed by atoms with Crippen LogP contribution in [-0.4, -0.2) is 59.5 Å². The molecule has 2 aliphatic rings. The van der Waals surface area contributed by atoms with Gasteiger partial charge >= 0.3 is 0 Å². The van der Waals surface area contributed by atoms with E-state index in [-0.39, 0.29) is 11.9 Å². The van der Waals surface area contributed by atoms with Gasteiger partial charge in [0.2, 0.25) is 0 Å². The zero-order valence-electron chi connectivity index (χ0n) is 19.1. The smallest absolute Gasteiger partial charge is 0.273 e. The first-order valence-corrected chi connectivity index (χ1v) is 12.6. The molecule has 0 spiro atoms. The van der Waals surface area contributed by atoms with Crippen molar-refractivity contribution in [1.82, 2.24) is 20.2 Å². The van der Waals surface area contributed by atoms with Gasteiger partial charge in [-0.15, -0.1) is 0 Å². The van der Waals surface area contributed by atoms with Crippen LogP contribution in [-0.2, 0) is 12.8 Å². The molecule has 0 aromatic carbocycles. The maximum atomic E-state index is 12.5. The van der Waals surface area contributed by atoms with Gasteiger partial charge in [-0.05, 0) is 70.0 Å². The number of hydrogen-bond acceptors (Lipinski definition) is 6. The molecule has 1 amide bonds. The Morgan fingerprint density at radius 2 is 2.06 bits per heavy atom. The van der Waals surface area contributed by atoms with Crippen molar-refractivity contribution in [3.8, 4) is 5.19 Å². The highest BCUT2D eigenvalue weighted by molar-refractivity contribution is 7.13. The monoisotopic (exact) mass is 478 g/mol. The van der Waals surface area contributed by atoms with Gasteiger partial charge in [0.1, 0.15) is 0 Å². The van der Waals surface area contributed by atoms with Gasteiger partial charge in [0.25, 0.3) is 17.5 Å². The molecule has 3 heterocycles. The second-order valence-electron chi connectivity index (χ2n) is 9.01. The molecule has 1 aliphatic carbocycles. The number of aryl methyl sites for hydroxylation is 1. The van der Waals surface area contributed by atoms with E-state index in [1.165, 1.54) is 22.6 Å². The van der Waals surface area contributed by atoms with Crippen molar-refractivity contribution < 1.29 is 18.3 Å². The Labute approximate surface area is 197 Å². The average Bonchev–Trinajstić information content (AvgIpc) is 3.10. The van der Waals surface area contributed by atoms with E-state index in [2.05, 4.69) is 20.2 Å². The summed E-state index contributed by atoms with van der Waals surface area (Å²) in [5.41, 5.74) is 2.44. The van der Waals surface area contributed by atoms with E-state index in [4.69, 9.17) is 4.74 Å². The minimum atomic E-state index is -2.47. The lowest BCUT2D eigenvalue weighted by molar-refractivity contribution is 0.0816. The second-order valence-corrected chi connectivity index (χ2v) is 10.1. The van der Waals surface area contributed by atoms with Crippen molar-refractivity contribution >= 4 is 17.2 Å². The number of alkyl halides is 2. The first-order valence-electron chi connectivity index (χ1n) is 11.8. The first-order chi connectivity index (χ1) is 16.0. The topological polar surface area (TPSA) is 67.4 Å². The van der Waals surface area contributed by atoms with E-state index < -0.39 is 13.0 Å². The SMILES string of the molecule is Cc1ncccc1C(=O)N[C@H]1CC[C@H](CCN2CCc3nc(OCC(F)F)sc3CC2)CC1. The molecule has 33 heavy (non-hydrogen) atoms. The van der Waals surface area contributed by atoms with E-state index >= 15 is 0 Å². The molecule has 0 bridgehead atoms. The Bertz CT molecular complexity index is 905. The molecule has 180 valence electrons. The highest BCUT2D eigenvalue weighted by Crippen LogP contribution is 2.30. The summed E-state index contributed by atoms with van der Waals surface area (Å²) in [4.78, 5) is 24.8. The van der Waals surface area contributed by atoms with Gasteiger partial charge in [-0.2, -0.15) is 0 Å². The molecule has 9 heteroatoms. The Morgan fingerprint density at radius 1 is 1.27 bits per heavy atom. The van der Waals surface area contributed by atoms with Crippen LogP contribution in [0.2, 0.25) is 0 Å². The van der Waals surface area contributed by atoms with Gasteiger partial charge in [0, 0.05) is 42.3 Å². The third kappa shape index (κ3) is 6.69. The number of nitrogens with one attached hydrogen (secondary N) is 1.